The van der Waals surface area contributed by atoms with Crippen molar-refractivity contribution in [3.63, 3.8) is 0 Å². The van der Waals surface area contributed by atoms with E-state index in [9.17, 15) is 14.6 Å². The van der Waals surface area contributed by atoms with Crippen LogP contribution in [0.1, 0.15) is 41.7 Å². The molecule has 2 atom stereocenters. The third-order valence-electron chi connectivity index (χ3n) is 6.89. The monoisotopic (exact) mass is 485 g/mol. The molecule has 180 valence electrons. The van der Waals surface area contributed by atoms with Crippen LogP contribution in [0.15, 0.2) is 48.8 Å². The molecular formula is C25H20FN7O3. The van der Waals surface area contributed by atoms with E-state index in [0.717, 1.165) is 12.8 Å². The molecule has 7 rings (SSSR count). The Hall–Kier alpha value is -4.51. The molecule has 0 saturated carbocycles. The molecule has 36 heavy (non-hydrogen) atoms. The predicted octanol–water partition coefficient (Wildman–Crippen LogP) is 3.77. The second-order valence-corrected chi connectivity index (χ2v) is 8.94. The molecular weight excluding hydrogens is 465 g/mol. The molecule has 0 radical (unpaired) electrons. The summed E-state index contributed by atoms with van der Waals surface area (Å²) in [4.78, 5) is 13.3. The minimum atomic E-state index is -0.333. The van der Waals surface area contributed by atoms with Crippen molar-refractivity contribution >= 4 is 16.9 Å². The summed E-state index contributed by atoms with van der Waals surface area (Å²) in [5, 5.41) is 27.1. The number of aromatic hydroxyl groups is 2. The van der Waals surface area contributed by atoms with E-state index in [0.29, 0.717) is 33.4 Å². The molecule has 2 aliphatic rings. The molecule has 10 nitrogen and oxygen atoms in total. The fourth-order valence-electron chi connectivity index (χ4n) is 5.25. The van der Waals surface area contributed by atoms with Crippen molar-refractivity contribution in [3.8, 4) is 29.0 Å². The van der Waals surface area contributed by atoms with Crippen LogP contribution in [0.4, 0.5) is 10.2 Å². The summed E-state index contributed by atoms with van der Waals surface area (Å²) in [6, 6.07) is 10.1. The van der Waals surface area contributed by atoms with Crippen LogP contribution >= 0.6 is 0 Å². The molecule has 1 aromatic carbocycles. The highest BCUT2D eigenvalue weighted by molar-refractivity contribution is 5.89. The van der Waals surface area contributed by atoms with Crippen molar-refractivity contribution < 1.29 is 19.3 Å². The summed E-state index contributed by atoms with van der Waals surface area (Å²) < 4.78 is 22.9. The average molecular weight is 485 g/mol. The molecule has 4 aromatic heterocycles. The molecule has 11 heteroatoms. The topological polar surface area (TPSA) is 137 Å². The number of aromatic nitrogens is 6. The van der Waals surface area contributed by atoms with Gasteiger partial charge in [-0.25, -0.2) is 28.6 Å². The van der Waals surface area contributed by atoms with Gasteiger partial charge in [-0.3, -0.25) is 0 Å². The maximum Gasteiger partial charge on any atom is 0.205 e. The van der Waals surface area contributed by atoms with Gasteiger partial charge in [-0.15, -0.1) is 0 Å². The molecule has 4 N–H and O–H groups in total. The number of nitrogens with two attached hydrogens (primary N) is 1. The van der Waals surface area contributed by atoms with E-state index in [1.54, 1.807) is 35.1 Å². The third kappa shape index (κ3) is 2.86. The zero-order valence-corrected chi connectivity index (χ0v) is 18.8. The molecule has 1 saturated heterocycles. The van der Waals surface area contributed by atoms with Gasteiger partial charge in [0.15, 0.2) is 17.3 Å². The van der Waals surface area contributed by atoms with Crippen LogP contribution in [-0.4, -0.2) is 39.5 Å². The maximum atomic E-state index is 14.3. The lowest BCUT2D eigenvalue weighted by molar-refractivity contribution is 0.0683. The SMILES string of the molecule is Nc1nc(-c2nn(Cc3ccccc3F)c3ncccc23)ncc1-n1c(O)c2c(c1O)C1CCC2O1. The number of hydrogen-bond donors (Lipinski definition) is 3. The Morgan fingerprint density at radius 3 is 2.50 bits per heavy atom. The van der Waals surface area contributed by atoms with Gasteiger partial charge in [0.1, 0.15) is 17.2 Å². The number of rotatable bonds is 4. The Labute approximate surface area is 203 Å². The standard InChI is InChI=1S/C25H20FN7O3/c26-14-6-2-1-4-12(14)11-32-23-13(5-3-9-28-23)20(31-32)22-29-10-15(21(27)30-22)33-24(34)18-16-7-8-17(36-16)19(18)25(33)35/h1-6,9-10,16-17,34-35H,7-8,11H2,(H2,27,29,30). The summed E-state index contributed by atoms with van der Waals surface area (Å²) in [6.45, 7) is 0.175. The van der Waals surface area contributed by atoms with Gasteiger partial charge in [-0.2, -0.15) is 5.10 Å². The van der Waals surface area contributed by atoms with E-state index in [4.69, 9.17) is 10.5 Å². The summed E-state index contributed by atoms with van der Waals surface area (Å²) in [7, 11) is 0. The van der Waals surface area contributed by atoms with Gasteiger partial charge in [-0.05, 0) is 31.0 Å². The number of hydrogen-bond acceptors (Lipinski definition) is 8. The second-order valence-electron chi connectivity index (χ2n) is 8.94. The molecule has 0 amide bonds. The minimum Gasteiger partial charge on any atom is -0.494 e. The number of pyridine rings is 1. The highest BCUT2D eigenvalue weighted by atomic mass is 19.1. The average Bonchev–Trinajstić information content (AvgIpc) is 3.64. The van der Waals surface area contributed by atoms with Crippen molar-refractivity contribution in [2.75, 3.05) is 5.73 Å². The molecule has 2 unspecified atom stereocenters. The summed E-state index contributed by atoms with van der Waals surface area (Å²) in [6.07, 6.45) is 4.17. The van der Waals surface area contributed by atoms with E-state index in [2.05, 4.69) is 20.1 Å². The Morgan fingerprint density at radius 2 is 1.78 bits per heavy atom. The summed E-state index contributed by atoms with van der Waals surface area (Å²) >= 11 is 0. The molecule has 6 heterocycles. The minimum absolute atomic E-state index is 0.0493. The predicted molar refractivity (Wildman–Crippen MR) is 127 cm³/mol. The fourth-order valence-corrected chi connectivity index (χ4v) is 5.25. The van der Waals surface area contributed by atoms with E-state index in [-0.39, 0.29) is 53.7 Å². The first kappa shape index (κ1) is 20.8. The lowest BCUT2D eigenvalue weighted by atomic mass is 9.95. The molecule has 0 aliphatic carbocycles. The summed E-state index contributed by atoms with van der Waals surface area (Å²) in [5.74, 6) is -0.291. The van der Waals surface area contributed by atoms with E-state index in [1.807, 2.05) is 6.07 Å². The van der Waals surface area contributed by atoms with Crippen molar-refractivity contribution in [2.45, 2.75) is 31.6 Å². The fraction of sp³-hybridized carbons (Fsp3) is 0.200. The van der Waals surface area contributed by atoms with E-state index >= 15 is 0 Å². The van der Waals surface area contributed by atoms with Gasteiger partial charge in [0.05, 0.1) is 41.5 Å². The van der Waals surface area contributed by atoms with Crippen molar-refractivity contribution in [1.82, 2.24) is 29.3 Å². The van der Waals surface area contributed by atoms with E-state index < -0.39 is 0 Å². The Balaban J connectivity index is 1.32. The van der Waals surface area contributed by atoms with Crippen LogP contribution in [0.2, 0.25) is 0 Å². The molecule has 5 aromatic rings. The zero-order valence-electron chi connectivity index (χ0n) is 18.8. The summed E-state index contributed by atoms with van der Waals surface area (Å²) in [5.41, 5.74) is 9.19. The van der Waals surface area contributed by atoms with Crippen LogP contribution in [0.5, 0.6) is 11.8 Å². The number of anilines is 1. The van der Waals surface area contributed by atoms with Crippen LogP contribution in [0, 0.1) is 5.82 Å². The highest BCUT2D eigenvalue weighted by Crippen LogP contribution is 2.58. The Kier molecular flexibility index (Phi) is 4.33. The lowest BCUT2D eigenvalue weighted by Gasteiger charge is -2.12. The number of benzene rings is 1. The first-order valence-corrected chi connectivity index (χ1v) is 11.5. The van der Waals surface area contributed by atoms with Crippen molar-refractivity contribution in [3.05, 3.63) is 71.3 Å². The first-order valence-electron chi connectivity index (χ1n) is 11.5. The van der Waals surface area contributed by atoms with Crippen molar-refractivity contribution in [1.29, 1.82) is 0 Å². The normalized spacial score (nSPS) is 18.2. The number of nitrogen functional groups attached to an aromatic ring is 1. The van der Waals surface area contributed by atoms with Crippen LogP contribution in [-0.2, 0) is 11.3 Å². The smallest absolute Gasteiger partial charge is 0.205 e. The van der Waals surface area contributed by atoms with Crippen molar-refractivity contribution in [2.24, 2.45) is 0 Å². The third-order valence-corrected chi connectivity index (χ3v) is 6.89. The van der Waals surface area contributed by atoms with Gasteiger partial charge in [0, 0.05) is 11.8 Å². The van der Waals surface area contributed by atoms with Gasteiger partial charge in [0.2, 0.25) is 11.8 Å². The number of ether oxygens (including phenoxy) is 1. The molecule has 1 fully saturated rings. The quantitative estimate of drug-likeness (QED) is 0.350. The largest absolute Gasteiger partial charge is 0.494 e. The van der Waals surface area contributed by atoms with Gasteiger partial charge < -0.3 is 20.7 Å². The van der Waals surface area contributed by atoms with E-state index in [1.165, 1.54) is 16.8 Å². The second kappa shape index (κ2) is 7.49. The Bertz CT molecular complexity index is 1640. The number of halogens is 1. The number of nitrogens with zero attached hydrogens (tertiary/aromatic N) is 6. The maximum absolute atomic E-state index is 14.3. The highest BCUT2D eigenvalue weighted by Gasteiger charge is 2.45. The van der Waals surface area contributed by atoms with Gasteiger partial charge in [0.25, 0.3) is 0 Å². The first-order chi connectivity index (χ1) is 17.5. The lowest BCUT2D eigenvalue weighted by Crippen LogP contribution is -2.06. The van der Waals surface area contributed by atoms with Gasteiger partial charge in [-0.1, -0.05) is 18.2 Å². The molecule has 2 bridgehead atoms. The van der Waals surface area contributed by atoms with Crippen LogP contribution < -0.4 is 5.73 Å². The molecule has 2 aliphatic heterocycles. The zero-order chi connectivity index (χ0) is 24.6. The van der Waals surface area contributed by atoms with Crippen LogP contribution in [0.3, 0.4) is 0 Å². The molecule has 0 spiro atoms. The van der Waals surface area contributed by atoms with Gasteiger partial charge >= 0.3 is 0 Å². The van der Waals surface area contributed by atoms with Crippen LogP contribution in [0.25, 0.3) is 28.2 Å². The number of fused-ring (bicyclic) bond motifs is 6. The Morgan fingerprint density at radius 1 is 1.03 bits per heavy atom.